The Bertz CT molecular complexity index is 721. The first-order valence-electron chi connectivity index (χ1n) is 9.20. The summed E-state index contributed by atoms with van der Waals surface area (Å²) in [6.07, 6.45) is 5.42. The number of esters is 1. The van der Waals surface area contributed by atoms with E-state index in [1.807, 2.05) is 24.3 Å². The van der Waals surface area contributed by atoms with Gasteiger partial charge in [0, 0.05) is 17.8 Å². The van der Waals surface area contributed by atoms with Crippen LogP contribution in [0.15, 0.2) is 34.4 Å². The molecule has 0 amide bonds. The SMILES string of the molecule is CCOC(=O)[C@H](Cc1ccc(N)cc1)NC1=C(Br)C(=O)C12CCCCC2. The highest BCUT2D eigenvalue weighted by atomic mass is 79.9. The highest BCUT2D eigenvalue weighted by Gasteiger charge is 2.53. The molecule has 140 valence electrons. The van der Waals surface area contributed by atoms with Gasteiger partial charge in [0.25, 0.3) is 0 Å². The van der Waals surface area contributed by atoms with Crippen LogP contribution in [0, 0.1) is 5.41 Å². The summed E-state index contributed by atoms with van der Waals surface area (Å²) in [4.78, 5) is 25.1. The Balaban J connectivity index is 1.82. The third kappa shape index (κ3) is 3.52. The molecule has 1 fully saturated rings. The minimum absolute atomic E-state index is 0.162. The Labute approximate surface area is 162 Å². The quantitative estimate of drug-likeness (QED) is 0.543. The number of nitrogens with two attached hydrogens (primary N) is 1. The van der Waals surface area contributed by atoms with Crippen LogP contribution in [0.5, 0.6) is 0 Å². The van der Waals surface area contributed by atoms with Crippen molar-refractivity contribution in [3.63, 3.8) is 0 Å². The van der Waals surface area contributed by atoms with Gasteiger partial charge in [0.15, 0.2) is 5.78 Å². The van der Waals surface area contributed by atoms with E-state index in [0.29, 0.717) is 23.2 Å². The summed E-state index contributed by atoms with van der Waals surface area (Å²) in [5.74, 6) is -0.141. The molecule has 2 aliphatic carbocycles. The maximum absolute atomic E-state index is 12.5. The summed E-state index contributed by atoms with van der Waals surface area (Å²) >= 11 is 3.41. The minimum atomic E-state index is -0.534. The van der Waals surface area contributed by atoms with Gasteiger partial charge in [-0.05, 0) is 53.4 Å². The van der Waals surface area contributed by atoms with E-state index >= 15 is 0 Å². The summed E-state index contributed by atoms with van der Waals surface area (Å²) < 4.78 is 5.83. The number of anilines is 1. The molecule has 3 N–H and O–H groups in total. The van der Waals surface area contributed by atoms with E-state index in [0.717, 1.165) is 43.4 Å². The number of hydrogen-bond donors (Lipinski definition) is 2. The molecule has 1 saturated carbocycles. The molecule has 0 aliphatic heterocycles. The topological polar surface area (TPSA) is 81.4 Å². The van der Waals surface area contributed by atoms with Crippen LogP contribution in [0.1, 0.15) is 44.6 Å². The Morgan fingerprint density at radius 1 is 1.27 bits per heavy atom. The van der Waals surface area contributed by atoms with Crippen LogP contribution in [0.3, 0.4) is 0 Å². The highest BCUT2D eigenvalue weighted by molar-refractivity contribution is 9.12. The largest absolute Gasteiger partial charge is 0.464 e. The molecule has 1 spiro atoms. The predicted octanol–water partition coefficient (Wildman–Crippen LogP) is 3.47. The zero-order chi connectivity index (χ0) is 18.7. The van der Waals surface area contributed by atoms with E-state index in [2.05, 4.69) is 21.2 Å². The van der Waals surface area contributed by atoms with E-state index < -0.39 is 11.5 Å². The van der Waals surface area contributed by atoms with Crippen molar-refractivity contribution in [2.45, 2.75) is 51.5 Å². The molecule has 26 heavy (non-hydrogen) atoms. The van der Waals surface area contributed by atoms with Gasteiger partial charge in [-0.1, -0.05) is 31.4 Å². The van der Waals surface area contributed by atoms with Crippen LogP contribution in [-0.2, 0) is 20.7 Å². The number of benzene rings is 1. The number of Topliss-reactive ketones (excluding diaryl/α,β-unsaturated/α-hetero) is 1. The van der Waals surface area contributed by atoms with Crippen molar-refractivity contribution in [1.29, 1.82) is 0 Å². The summed E-state index contributed by atoms with van der Waals surface area (Å²) in [7, 11) is 0. The fourth-order valence-corrected chi connectivity index (χ4v) is 4.79. The van der Waals surface area contributed by atoms with Gasteiger partial charge in [-0.25, -0.2) is 4.79 Å². The zero-order valence-corrected chi connectivity index (χ0v) is 16.6. The monoisotopic (exact) mass is 420 g/mol. The summed E-state index contributed by atoms with van der Waals surface area (Å²) in [6.45, 7) is 2.12. The Morgan fingerprint density at radius 2 is 1.92 bits per heavy atom. The smallest absolute Gasteiger partial charge is 0.328 e. The minimum Gasteiger partial charge on any atom is -0.464 e. The van der Waals surface area contributed by atoms with E-state index in [-0.39, 0.29) is 11.8 Å². The van der Waals surface area contributed by atoms with Crippen molar-refractivity contribution in [1.82, 2.24) is 5.32 Å². The average Bonchev–Trinajstić information content (AvgIpc) is 2.66. The number of halogens is 1. The third-order valence-electron chi connectivity index (χ3n) is 5.35. The molecular formula is C20H25BrN2O3. The molecular weight excluding hydrogens is 396 g/mol. The number of rotatable bonds is 6. The molecule has 2 aliphatic rings. The first-order valence-corrected chi connectivity index (χ1v) is 10.00. The Morgan fingerprint density at radius 3 is 2.54 bits per heavy atom. The molecule has 1 aromatic carbocycles. The van der Waals surface area contributed by atoms with Crippen LogP contribution in [0.25, 0.3) is 0 Å². The molecule has 0 heterocycles. The molecule has 1 aromatic rings. The molecule has 0 unspecified atom stereocenters. The van der Waals surface area contributed by atoms with E-state index in [1.54, 1.807) is 6.92 Å². The number of carbonyl (C=O) groups is 2. The lowest BCUT2D eigenvalue weighted by Crippen LogP contribution is -2.53. The van der Waals surface area contributed by atoms with Crippen LogP contribution < -0.4 is 11.1 Å². The van der Waals surface area contributed by atoms with Gasteiger partial charge >= 0.3 is 5.97 Å². The van der Waals surface area contributed by atoms with Crippen LogP contribution in [-0.4, -0.2) is 24.4 Å². The normalized spacial score (nSPS) is 19.8. The Hall–Kier alpha value is -1.82. The van der Waals surface area contributed by atoms with Crippen LogP contribution in [0.2, 0.25) is 0 Å². The van der Waals surface area contributed by atoms with Crippen molar-refractivity contribution in [3.05, 3.63) is 40.0 Å². The second-order valence-corrected chi connectivity index (χ2v) is 7.85. The molecule has 5 nitrogen and oxygen atoms in total. The number of allylic oxidation sites excluding steroid dienone is 2. The number of ether oxygens (including phenoxy) is 1. The lowest BCUT2D eigenvalue weighted by atomic mass is 9.62. The molecule has 1 atom stereocenters. The lowest BCUT2D eigenvalue weighted by molar-refractivity contribution is -0.146. The van der Waals surface area contributed by atoms with Crippen LogP contribution in [0.4, 0.5) is 5.69 Å². The maximum atomic E-state index is 12.5. The van der Waals surface area contributed by atoms with Gasteiger partial charge in [-0.15, -0.1) is 0 Å². The van der Waals surface area contributed by atoms with Gasteiger partial charge < -0.3 is 15.8 Å². The summed E-state index contributed by atoms with van der Waals surface area (Å²) in [5.41, 5.74) is 7.85. The van der Waals surface area contributed by atoms with Gasteiger partial charge in [0.05, 0.1) is 16.5 Å². The number of hydrogen-bond acceptors (Lipinski definition) is 5. The van der Waals surface area contributed by atoms with Gasteiger partial charge in [-0.3, -0.25) is 4.79 Å². The third-order valence-corrected chi connectivity index (χ3v) is 6.10. The van der Waals surface area contributed by atoms with Crippen molar-refractivity contribution in [2.75, 3.05) is 12.3 Å². The second-order valence-electron chi connectivity index (χ2n) is 7.06. The van der Waals surface area contributed by atoms with E-state index in [4.69, 9.17) is 10.5 Å². The van der Waals surface area contributed by atoms with Crippen molar-refractivity contribution < 1.29 is 14.3 Å². The van der Waals surface area contributed by atoms with E-state index in [9.17, 15) is 9.59 Å². The summed E-state index contributed by atoms with van der Waals surface area (Å²) in [5, 5.41) is 3.35. The molecule has 6 heteroatoms. The molecule has 0 bridgehead atoms. The van der Waals surface area contributed by atoms with Crippen molar-refractivity contribution in [3.8, 4) is 0 Å². The first-order chi connectivity index (χ1) is 12.5. The number of ketones is 1. The summed E-state index contributed by atoms with van der Waals surface area (Å²) in [6, 6.07) is 6.93. The maximum Gasteiger partial charge on any atom is 0.328 e. The average molecular weight is 421 g/mol. The van der Waals surface area contributed by atoms with E-state index in [1.165, 1.54) is 0 Å². The number of nitrogen functional groups attached to an aromatic ring is 1. The standard InChI is InChI=1S/C20H25BrN2O3/c1-2-26-19(25)15(12-13-6-8-14(22)9-7-13)23-17-16(21)18(24)20(17)10-4-3-5-11-20/h6-9,15,23H,2-5,10-12,22H2,1H3/t15-/m0/s1. The number of nitrogens with one attached hydrogen (secondary N) is 1. The van der Waals surface area contributed by atoms with Crippen molar-refractivity contribution in [2.24, 2.45) is 5.41 Å². The van der Waals surface area contributed by atoms with Crippen molar-refractivity contribution >= 4 is 33.4 Å². The van der Waals surface area contributed by atoms with Gasteiger partial charge in [0.1, 0.15) is 6.04 Å². The number of carbonyl (C=O) groups excluding carboxylic acids is 2. The molecule has 0 radical (unpaired) electrons. The molecule has 0 aromatic heterocycles. The fourth-order valence-electron chi connectivity index (χ4n) is 3.92. The Kier molecular flexibility index (Phi) is 5.70. The predicted molar refractivity (Wildman–Crippen MR) is 105 cm³/mol. The molecule has 0 saturated heterocycles. The van der Waals surface area contributed by atoms with Crippen LogP contribution >= 0.6 is 15.9 Å². The zero-order valence-electron chi connectivity index (χ0n) is 15.0. The second kappa shape index (κ2) is 7.82. The van der Waals surface area contributed by atoms with Gasteiger partial charge in [-0.2, -0.15) is 0 Å². The fraction of sp³-hybridized carbons (Fsp3) is 0.500. The van der Waals surface area contributed by atoms with Gasteiger partial charge in [0.2, 0.25) is 0 Å². The lowest BCUT2D eigenvalue weighted by Gasteiger charge is -2.46. The molecule has 3 rings (SSSR count). The highest BCUT2D eigenvalue weighted by Crippen LogP contribution is 2.53. The first kappa shape index (κ1) is 19.0.